The summed E-state index contributed by atoms with van der Waals surface area (Å²) in [5, 5.41) is 6.16. The number of amides is 2. The number of hydrogen-bond acceptors (Lipinski definition) is 5. The number of aromatic nitrogens is 2. The number of nitrogens with zero attached hydrogens (tertiary/aromatic N) is 3. The quantitative estimate of drug-likeness (QED) is 0.904. The van der Waals surface area contributed by atoms with Crippen LogP contribution in [0.5, 0.6) is 0 Å². The van der Waals surface area contributed by atoms with E-state index >= 15 is 0 Å². The maximum Gasteiger partial charge on any atom is 0.278 e. The third-order valence-corrected chi connectivity index (χ3v) is 4.43. The van der Waals surface area contributed by atoms with Crippen LogP contribution in [-0.2, 0) is 7.05 Å². The standard InChI is InChI=1S/C18H22N4O4/c1-12-9-14(20-26-12)16(23)19-15-10-13(11-21(2)18(15)25)17(24)22-7-5-3-4-6-8-22/h9-11H,3-8H2,1-2H3,(H,19,23). The summed E-state index contributed by atoms with van der Waals surface area (Å²) in [5.74, 6) is -0.193. The molecule has 3 heterocycles. The second-order valence-electron chi connectivity index (χ2n) is 6.54. The van der Waals surface area contributed by atoms with E-state index in [2.05, 4.69) is 10.5 Å². The van der Waals surface area contributed by atoms with Gasteiger partial charge in [-0.05, 0) is 25.8 Å². The van der Waals surface area contributed by atoms with Crippen molar-refractivity contribution < 1.29 is 14.1 Å². The van der Waals surface area contributed by atoms with E-state index < -0.39 is 11.5 Å². The van der Waals surface area contributed by atoms with E-state index in [9.17, 15) is 14.4 Å². The van der Waals surface area contributed by atoms with Crippen LogP contribution in [-0.4, -0.2) is 39.5 Å². The van der Waals surface area contributed by atoms with Gasteiger partial charge in [-0.15, -0.1) is 0 Å². The van der Waals surface area contributed by atoms with E-state index in [0.717, 1.165) is 25.7 Å². The van der Waals surface area contributed by atoms with Crippen molar-refractivity contribution in [2.75, 3.05) is 18.4 Å². The average molecular weight is 358 g/mol. The molecule has 8 heteroatoms. The predicted octanol–water partition coefficient (Wildman–Crippen LogP) is 1.95. The van der Waals surface area contributed by atoms with E-state index in [1.165, 1.54) is 22.9 Å². The zero-order valence-corrected chi connectivity index (χ0v) is 14.9. The van der Waals surface area contributed by atoms with Crippen LogP contribution in [0, 0.1) is 6.92 Å². The summed E-state index contributed by atoms with van der Waals surface area (Å²) in [7, 11) is 1.55. The number of nitrogens with one attached hydrogen (secondary N) is 1. The van der Waals surface area contributed by atoms with E-state index in [-0.39, 0.29) is 17.3 Å². The van der Waals surface area contributed by atoms with Crippen LogP contribution in [0.15, 0.2) is 27.6 Å². The van der Waals surface area contributed by atoms with Gasteiger partial charge in [0.15, 0.2) is 5.69 Å². The van der Waals surface area contributed by atoms with Gasteiger partial charge in [-0.2, -0.15) is 0 Å². The molecule has 0 spiro atoms. The van der Waals surface area contributed by atoms with Gasteiger partial charge in [-0.1, -0.05) is 18.0 Å². The second-order valence-corrected chi connectivity index (χ2v) is 6.54. The number of carbonyl (C=O) groups is 2. The monoisotopic (exact) mass is 358 g/mol. The van der Waals surface area contributed by atoms with E-state index in [4.69, 9.17) is 4.52 Å². The van der Waals surface area contributed by atoms with Crippen molar-refractivity contribution in [2.24, 2.45) is 7.05 Å². The first-order valence-electron chi connectivity index (χ1n) is 8.70. The van der Waals surface area contributed by atoms with E-state index in [1.54, 1.807) is 18.9 Å². The van der Waals surface area contributed by atoms with Gasteiger partial charge in [0.1, 0.15) is 11.4 Å². The molecule has 138 valence electrons. The molecule has 2 aromatic rings. The molecule has 8 nitrogen and oxygen atoms in total. The van der Waals surface area contributed by atoms with Crippen molar-refractivity contribution >= 4 is 17.5 Å². The van der Waals surface area contributed by atoms with Crippen molar-refractivity contribution in [3.8, 4) is 0 Å². The zero-order chi connectivity index (χ0) is 18.7. The number of aryl methyl sites for hydroxylation is 2. The Labute approximate surface area is 150 Å². The van der Waals surface area contributed by atoms with Gasteiger partial charge >= 0.3 is 0 Å². The summed E-state index contributed by atoms with van der Waals surface area (Å²) >= 11 is 0. The van der Waals surface area contributed by atoms with Gasteiger partial charge in [0.05, 0.1) is 5.56 Å². The van der Waals surface area contributed by atoms with Gasteiger partial charge in [-0.3, -0.25) is 14.4 Å². The molecular weight excluding hydrogens is 336 g/mol. The molecule has 2 amide bonds. The molecule has 3 rings (SSSR count). The van der Waals surface area contributed by atoms with E-state index in [0.29, 0.717) is 24.4 Å². The van der Waals surface area contributed by atoms with Crippen molar-refractivity contribution in [2.45, 2.75) is 32.6 Å². The third-order valence-electron chi connectivity index (χ3n) is 4.43. The molecule has 1 aliphatic rings. The van der Waals surface area contributed by atoms with Gasteiger partial charge < -0.3 is 19.3 Å². The Morgan fingerprint density at radius 2 is 1.85 bits per heavy atom. The fraction of sp³-hybridized carbons (Fsp3) is 0.444. The lowest BCUT2D eigenvalue weighted by molar-refractivity contribution is 0.0760. The average Bonchev–Trinajstić information content (AvgIpc) is 2.89. The SMILES string of the molecule is Cc1cc(C(=O)Nc2cc(C(=O)N3CCCCCC3)cn(C)c2=O)no1. The fourth-order valence-electron chi connectivity index (χ4n) is 3.03. The van der Waals surface area contributed by atoms with Crippen LogP contribution in [0.2, 0.25) is 0 Å². The van der Waals surface area contributed by atoms with Crippen molar-refractivity contribution in [3.05, 3.63) is 45.7 Å². The molecule has 1 saturated heterocycles. The Bertz CT molecular complexity index is 876. The summed E-state index contributed by atoms with van der Waals surface area (Å²) in [6.45, 7) is 3.09. The minimum absolute atomic E-state index is 0.0406. The van der Waals surface area contributed by atoms with Crippen molar-refractivity contribution in [3.63, 3.8) is 0 Å². The third kappa shape index (κ3) is 3.84. The summed E-state index contributed by atoms with van der Waals surface area (Å²) in [4.78, 5) is 39.2. The van der Waals surface area contributed by atoms with Gasteiger partial charge in [0.25, 0.3) is 17.4 Å². The maximum atomic E-state index is 12.8. The molecular formula is C18H22N4O4. The highest BCUT2D eigenvalue weighted by Gasteiger charge is 2.20. The number of likely N-dealkylation sites (tertiary alicyclic amines) is 1. The summed E-state index contributed by atoms with van der Waals surface area (Å²) in [5.41, 5.74) is 0.0965. The topological polar surface area (TPSA) is 97.4 Å². The minimum Gasteiger partial charge on any atom is -0.361 e. The van der Waals surface area contributed by atoms with Crippen LogP contribution in [0.3, 0.4) is 0 Å². The second kappa shape index (κ2) is 7.55. The molecule has 26 heavy (non-hydrogen) atoms. The van der Waals surface area contributed by atoms with Crippen LogP contribution in [0.4, 0.5) is 5.69 Å². The molecule has 0 aromatic carbocycles. The number of anilines is 1. The van der Waals surface area contributed by atoms with Crippen molar-refractivity contribution in [1.82, 2.24) is 14.6 Å². The molecule has 0 aliphatic carbocycles. The highest BCUT2D eigenvalue weighted by Crippen LogP contribution is 2.15. The van der Waals surface area contributed by atoms with Gasteiger partial charge in [-0.25, -0.2) is 0 Å². The molecule has 0 saturated carbocycles. The largest absolute Gasteiger partial charge is 0.361 e. The lowest BCUT2D eigenvalue weighted by Crippen LogP contribution is -2.33. The Morgan fingerprint density at radius 3 is 2.46 bits per heavy atom. The predicted molar refractivity (Wildman–Crippen MR) is 95.2 cm³/mol. The molecule has 0 atom stereocenters. The summed E-state index contributed by atoms with van der Waals surface area (Å²) in [6, 6.07) is 2.91. The highest BCUT2D eigenvalue weighted by molar-refractivity contribution is 6.03. The Hall–Kier alpha value is -2.90. The lowest BCUT2D eigenvalue weighted by atomic mass is 10.2. The van der Waals surface area contributed by atoms with Gasteiger partial charge in [0.2, 0.25) is 0 Å². The van der Waals surface area contributed by atoms with Crippen molar-refractivity contribution in [1.29, 1.82) is 0 Å². The zero-order valence-electron chi connectivity index (χ0n) is 14.9. The minimum atomic E-state index is -0.557. The molecule has 1 N–H and O–H groups in total. The molecule has 0 unspecified atom stereocenters. The lowest BCUT2D eigenvalue weighted by Gasteiger charge is -2.21. The first-order valence-corrected chi connectivity index (χ1v) is 8.70. The van der Waals surface area contributed by atoms with Crippen LogP contribution in [0.25, 0.3) is 0 Å². The molecule has 2 aromatic heterocycles. The number of hydrogen-bond donors (Lipinski definition) is 1. The summed E-state index contributed by atoms with van der Waals surface area (Å²) < 4.78 is 6.18. The Kier molecular flexibility index (Phi) is 5.20. The number of carbonyl (C=O) groups excluding carboxylic acids is 2. The van der Waals surface area contributed by atoms with Crippen LogP contribution in [0.1, 0.15) is 52.3 Å². The Morgan fingerprint density at radius 1 is 1.15 bits per heavy atom. The van der Waals surface area contributed by atoms with Crippen LogP contribution >= 0.6 is 0 Å². The van der Waals surface area contributed by atoms with Gasteiger partial charge in [0, 0.05) is 32.4 Å². The molecule has 1 aliphatic heterocycles. The first kappa shape index (κ1) is 17.9. The smallest absolute Gasteiger partial charge is 0.278 e. The Balaban J connectivity index is 1.85. The fourth-order valence-corrected chi connectivity index (χ4v) is 3.03. The van der Waals surface area contributed by atoms with E-state index in [1.807, 2.05) is 0 Å². The highest BCUT2D eigenvalue weighted by atomic mass is 16.5. The molecule has 0 bridgehead atoms. The maximum absolute atomic E-state index is 12.8. The molecule has 0 radical (unpaired) electrons. The number of pyridine rings is 1. The normalized spacial score (nSPS) is 14.8. The first-order chi connectivity index (χ1) is 12.5. The number of rotatable bonds is 3. The summed E-state index contributed by atoms with van der Waals surface area (Å²) in [6.07, 6.45) is 5.70. The molecule has 1 fully saturated rings. The van der Waals surface area contributed by atoms with Crippen LogP contribution < -0.4 is 10.9 Å².